The highest BCUT2D eigenvalue weighted by Crippen LogP contribution is 2.30. The second-order valence-electron chi connectivity index (χ2n) is 4.03. The van der Waals surface area contributed by atoms with Gasteiger partial charge in [0.15, 0.2) is 5.13 Å². The molecule has 0 unspecified atom stereocenters. The molecule has 1 aromatic carbocycles. The first-order valence-corrected chi connectivity index (χ1v) is 6.50. The maximum Gasteiger partial charge on any atom is 0.189 e. The highest BCUT2D eigenvalue weighted by Gasteiger charge is 2.10. The van der Waals surface area contributed by atoms with Crippen LogP contribution in [0, 0.1) is 6.92 Å². The van der Waals surface area contributed by atoms with Crippen LogP contribution in [0.1, 0.15) is 10.4 Å². The Morgan fingerprint density at radius 3 is 2.78 bits per heavy atom. The van der Waals surface area contributed by atoms with Crippen molar-refractivity contribution < 1.29 is 4.74 Å². The predicted molar refractivity (Wildman–Crippen MR) is 75.8 cm³/mol. The van der Waals surface area contributed by atoms with Gasteiger partial charge in [0.05, 0.1) is 7.11 Å². The summed E-state index contributed by atoms with van der Waals surface area (Å²) in [7, 11) is 3.68. The highest BCUT2D eigenvalue weighted by molar-refractivity contribution is 7.15. The van der Waals surface area contributed by atoms with Gasteiger partial charge in [0.25, 0.3) is 0 Å². The lowest BCUT2D eigenvalue weighted by Gasteiger charge is -2.17. The fraction of sp³-hybridized carbons (Fsp3) is 0.308. The molecule has 0 aliphatic heterocycles. The van der Waals surface area contributed by atoms with Crippen LogP contribution in [-0.4, -0.2) is 19.1 Å². The van der Waals surface area contributed by atoms with Crippen molar-refractivity contribution in [1.29, 1.82) is 0 Å². The number of nitrogens with zero attached hydrogens (tertiary/aromatic N) is 2. The minimum absolute atomic E-state index is 0.535. The Morgan fingerprint density at radius 2 is 2.22 bits per heavy atom. The molecule has 0 aliphatic rings. The van der Waals surface area contributed by atoms with E-state index in [-0.39, 0.29) is 0 Å². The predicted octanol–water partition coefficient (Wildman–Crippen LogP) is 2.69. The van der Waals surface area contributed by atoms with E-state index >= 15 is 0 Å². The fourth-order valence-electron chi connectivity index (χ4n) is 1.73. The van der Waals surface area contributed by atoms with E-state index in [4.69, 9.17) is 10.5 Å². The lowest BCUT2D eigenvalue weighted by atomic mass is 10.2. The topological polar surface area (TPSA) is 51.4 Å². The SMILES string of the molecule is COc1ccc(N(C)c2ncc(CN)s2)cc1C. The Morgan fingerprint density at radius 1 is 1.44 bits per heavy atom. The Labute approximate surface area is 111 Å². The lowest BCUT2D eigenvalue weighted by Crippen LogP contribution is -2.09. The van der Waals surface area contributed by atoms with Gasteiger partial charge in [0, 0.05) is 30.4 Å². The summed E-state index contributed by atoms with van der Waals surface area (Å²) < 4.78 is 5.26. The van der Waals surface area contributed by atoms with Crippen LogP contribution >= 0.6 is 11.3 Å². The molecule has 1 aromatic heterocycles. The van der Waals surface area contributed by atoms with Crippen LogP contribution in [0.15, 0.2) is 24.4 Å². The second-order valence-corrected chi connectivity index (χ2v) is 5.12. The summed E-state index contributed by atoms with van der Waals surface area (Å²) in [5, 5.41) is 0.944. The zero-order valence-electron chi connectivity index (χ0n) is 10.8. The molecule has 0 amide bonds. The third-order valence-corrected chi connectivity index (χ3v) is 3.89. The quantitative estimate of drug-likeness (QED) is 0.921. The summed E-state index contributed by atoms with van der Waals surface area (Å²) in [5.41, 5.74) is 7.80. The van der Waals surface area contributed by atoms with Crippen LogP contribution in [0.2, 0.25) is 0 Å². The van der Waals surface area contributed by atoms with Crippen LogP contribution in [0.4, 0.5) is 10.8 Å². The van der Waals surface area contributed by atoms with Gasteiger partial charge in [-0.05, 0) is 30.7 Å². The zero-order chi connectivity index (χ0) is 13.1. The number of benzene rings is 1. The minimum Gasteiger partial charge on any atom is -0.496 e. The third kappa shape index (κ3) is 2.47. The minimum atomic E-state index is 0.535. The monoisotopic (exact) mass is 263 g/mol. The van der Waals surface area contributed by atoms with Crippen molar-refractivity contribution in [2.75, 3.05) is 19.1 Å². The van der Waals surface area contributed by atoms with Gasteiger partial charge >= 0.3 is 0 Å². The summed E-state index contributed by atoms with van der Waals surface area (Å²) in [6.07, 6.45) is 1.83. The number of aromatic nitrogens is 1. The van der Waals surface area contributed by atoms with E-state index in [2.05, 4.69) is 16.0 Å². The van der Waals surface area contributed by atoms with Crippen LogP contribution in [-0.2, 0) is 6.54 Å². The standard InChI is InChI=1S/C13H17N3OS/c1-9-6-10(4-5-12(9)17-3)16(2)13-15-8-11(7-14)18-13/h4-6,8H,7,14H2,1-3H3. The van der Waals surface area contributed by atoms with Gasteiger partial charge in [-0.2, -0.15) is 0 Å². The number of nitrogens with two attached hydrogens (primary N) is 1. The Balaban J connectivity index is 2.27. The van der Waals surface area contributed by atoms with Crippen LogP contribution in [0.3, 0.4) is 0 Å². The molecule has 4 nitrogen and oxygen atoms in total. The van der Waals surface area contributed by atoms with Crippen molar-refractivity contribution in [2.45, 2.75) is 13.5 Å². The van der Waals surface area contributed by atoms with Crippen molar-refractivity contribution >= 4 is 22.2 Å². The molecule has 0 saturated heterocycles. The molecule has 2 aromatic rings. The molecule has 0 atom stereocenters. The van der Waals surface area contributed by atoms with Gasteiger partial charge in [0.1, 0.15) is 5.75 Å². The molecular formula is C13H17N3OS. The number of methoxy groups -OCH3 is 1. The number of rotatable bonds is 4. The van der Waals surface area contributed by atoms with Crippen molar-refractivity contribution in [1.82, 2.24) is 4.98 Å². The van der Waals surface area contributed by atoms with Gasteiger partial charge < -0.3 is 15.4 Å². The van der Waals surface area contributed by atoms with E-state index in [9.17, 15) is 0 Å². The van der Waals surface area contributed by atoms with Crippen LogP contribution < -0.4 is 15.4 Å². The molecule has 2 N–H and O–H groups in total. The third-order valence-electron chi connectivity index (χ3n) is 2.80. The Hall–Kier alpha value is -1.59. The molecule has 0 fully saturated rings. The maximum absolute atomic E-state index is 5.60. The molecule has 5 heteroatoms. The smallest absolute Gasteiger partial charge is 0.189 e. The Kier molecular flexibility index (Phi) is 3.84. The van der Waals surface area contributed by atoms with Gasteiger partial charge in [-0.25, -0.2) is 4.98 Å². The number of hydrogen-bond acceptors (Lipinski definition) is 5. The summed E-state index contributed by atoms with van der Waals surface area (Å²) in [5.74, 6) is 0.897. The van der Waals surface area contributed by atoms with E-state index in [1.165, 1.54) is 0 Å². The summed E-state index contributed by atoms with van der Waals surface area (Å²) >= 11 is 1.61. The molecule has 96 valence electrons. The molecule has 0 aliphatic carbocycles. The normalized spacial score (nSPS) is 10.4. The molecule has 1 heterocycles. The van der Waals surface area contributed by atoms with Gasteiger partial charge in [0.2, 0.25) is 0 Å². The average Bonchev–Trinajstić information content (AvgIpc) is 2.86. The number of hydrogen-bond donors (Lipinski definition) is 1. The molecule has 0 bridgehead atoms. The largest absolute Gasteiger partial charge is 0.496 e. The first-order valence-electron chi connectivity index (χ1n) is 5.69. The fourth-order valence-corrected chi connectivity index (χ4v) is 2.50. The first kappa shape index (κ1) is 12.9. The first-order chi connectivity index (χ1) is 8.65. The van der Waals surface area contributed by atoms with Crippen molar-refractivity contribution in [2.24, 2.45) is 5.73 Å². The molecule has 2 rings (SSSR count). The number of thiazole rings is 1. The Bertz CT molecular complexity index is 539. The summed E-state index contributed by atoms with van der Waals surface area (Å²) in [6.45, 7) is 2.57. The van der Waals surface area contributed by atoms with Crippen LogP contribution in [0.25, 0.3) is 0 Å². The zero-order valence-corrected chi connectivity index (χ0v) is 11.6. The van der Waals surface area contributed by atoms with E-state index in [0.717, 1.165) is 27.0 Å². The summed E-state index contributed by atoms with van der Waals surface area (Å²) in [6, 6.07) is 6.08. The molecular weight excluding hydrogens is 246 g/mol. The molecule has 0 saturated carbocycles. The number of anilines is 2. The lowest BCUT2D eigenvalue weighted by molar-refractivity contribution is 0.412. The average molecular weight is 263 g/mol. The van der Waals surface area contributed by atoms with Crippen molar-refractivity contribution in [3.63, 3.8) is 0 Å². The van der Waals surface area contributed by atoms with Crippen molar-refractivity contribution in [3.05, 3.63) is 34.8 Å². The maximum atomic E-state index is 5.60. The second kappa shape index (κ2) is 5.37. The van der Waals surface area contributed by atoms with E-state index in [0.29, 0.717) is 6.54 Å². The van der Waals surface area contributed by atoms with E-state index < -0.39 is 0 Å². The summed E-state index contributed by atoms with van der Waals surface area (Å²) in [4.78, 5) is 7.51. The van der Waals surface area contributed by atoms with E-state index in [1.807, 2.05) is 32.3 Å². The molecule has 0 spiro atoms. The van der Waals surface area contributed by atoms with Crippen molar-refractivity contribution in [3.8, 4) is 5.75 Å². The van der Waals surface area contributed by atoms with Gasteiger partial charge in [-0.1, -0.05) is 0 Å². The van der Waals surface area contributed by atoms with Gasteiger partial charge in [-0.15, -0.1) is 11.3 Å². The highest BCUT2D eigenvalue weighted by atomic mass is 32.1. The van der Waals surface area contributed by atoms with Crippen LogP contribution in [0.5, 0.6) is 5.75 Å². The van der Waals surface area contributed by atoms with Gasteiger partial charge in [-0.3, -0.25) is 0 Å². The molecule has 0 radical (unpaired) electrons. The molecule has 18 heavy (non-hydrogen) atoms. The number of ether oxygens (including phenoxy) is 1. The number of aryl methyl sites for hydroxylation is 1. The van der Waals surface area contributed by atoms with E-state index in [1.54, 1.807) is 18.4 Å².